The van der Waals surface area contributed by atoms with Crippen LogP contribution in [-0.4, -0.2) is 20.8 Å². The maximum absolute atomic E-state index is 5.48. The van der Waals surface area contributed by atoms with E-state index in [0.717, 1.165) is 23.6 Å². The minimum absolute atomic E-state index is 0.396. The number of nitrogens with one attached hydrogen (secondary N) is 1. The Bertz CT molecular complexity index is 384. The van der Waals surface area contributed by atoms with Gasteiger partial charge in [0.2, 0.25) is 0 Å². The summed E-state index contributed by atoms with van der Waals surface area (Å²) < 4.78 is 10.9. The van der Waals surface area contributed by atoms with Crippen LogP contribution < -0.4 is 14.8 Å². The van der Waals surface area contributed by atoms with E-state index < -0.39 is 0 Å². The molecule has 0 saturated carbocycles. The first kappa shape index (κ1) is 12.2. The monoisotopic (exact) mass is 235 g/mol. The van der Waals surface area contributed by atoms with Gasteiger partial charge in [-0.15, -0.1) is 0 Å². The van der Waals surface area contributed by atoms with E-state index >= 15 is 0 Å². The smallest absolute Gasteiger partial charge is 0.124 e. The Kier molecular flexibility index (Phi) is 3.89. The van der Waals surface area contributed by atoms with Gasteiger partial charge in [-0.25, -0.2) is 0 Å². The molecular weight excluding hydrogens is 214 g/mol. The maximum Gasteiger partial charge on any atom is 0.124 e. The highest BCUT2D eigenvalue weighted by Gasteiger charge is 2.20. The van der Waals surface area contributed by atoms with Crippen molar-refractivity contribution in [1.29, 1.82) is 0 Å². The molecule has 94 valence electrons. The highest BCUT2D eigenvalue weighted by Crippen LogP contribution is 2.35. The first-order valence-electron chi connectivity index (χ1n) is 6.22. The summed E-state index contributed by atoms with van der Waals surface area (Å²) in [6.07, 6.45) is 3.71. The van der Waals surface area contributed by atoms with Crippen LogP contribution in [0, 0.1) is 6.92 Å². The lowest BCUT2D eigenvalue weighted by Gasteiger charge is -2.26. The van der Waals surface area contributed by atoms with Gasteiger partial charge < -0.3 is 14.8 Å². The van der Waals surface area contributed by atoms with Crippen LogP contribution in [0.3, 0.4) is 0 Å². The van der Waals surface area contributed by atoms with E-state index in [1.165, 1.54) is 24.8 Å². The van der Waals surface area contributed by atoms with Crippen LogP contribution in [0.4, 0.5) is 0 Å². The highest BCUT2D eigenvalue weighted by molar-refractivity contribution is 5.47. The Morgan fingerprint density at radius 2 is 1.88 bits per heavy atom. The largest absolute Gasteiger partial charge is 0.496 e. The van der Waals surface area contributed by atoms with E-state index in [1.807, 2.05) is 6.92 Å². The summed E-state index contributed by atoms with van der Waals surface area (Å²) in [5.41, 5.74) is 2.33. The number of aryl methyl sites for hydroxylation is 1. The summed E-state index contributed by atoms with van der Waals surface area (Å²) >= 11 is 0. The van der Waals surface area contributed by atoms with Crippen molar-refractivity contribution in [1.82, 2.24) is 5.32 Å². The summed E-state index contributed by atoms with van der Waals surface area (Å²) in [5.74, 6) is 1.90. The first-order valence-corrected chi connectivity index (χ1v) is 6.22. The number of piperidine rings is 1. The van der Waals surface area contributed by atoms with E-state index in [9.17, 15) is 0 Å². The van der Waals surface area contributed by atoms with Gasteiger partial charge in [0.15, 0.2) is 0 Å². The normalized spacial score (nSPS) is 20.1. The fraction of sp³-hybridized carbons (Fsp3) is 0.571. The van der Waals surface area contributed by atoms with Crippen molar-refractivity contribution in [2.24, 2.45) is 0 Å². The molecule has 1 heterocycles. The topological polar surface area (TPSA) is 30.5 Å². The van der Waals surface area contributed by atoms with Crippen molar-refractivity contribution in [3.05, 3.63) is 23.3 Å². The second kappa shape index (κ2) is 5.41. The lowest BCUT2D eigenvalue weighted by atomic mass is 9.95. The summed E-state index contributed by atoms with van der Waals surface area (Å²) in [4.78, 5) is 0. The Labute approximate surface area is 103 Å². The average molecular weight is 235 g/mol. The fourth-order valence-electron chi connectivity index (χ4n) is 2.46. The predicted octanol–water partition coefficient (Wildman–Crippen LogP) is 2.83. The van der Waals surface area contributed by atoms with Crippen molar-refractivity contribution in [2.45, 2.75) is 32.2 Å². The Hall–Kier alpha value is -1.22. The quantitative estimate of drug-likeness (QED) is 0.874. The van der Waals surface area contributed by atoms with Crippen molar-refractivity contribution in [2.75, 3.05) is 20.8 Å². The lowest BCUT2D eigenvalue weighted by Crippen LogP contribution is -2.27. The number of hydrogen-bond donors (Lipinski definition) is 1. The van der Waals surface area contributed by atoms with Gasteiger partial charge in [-0.05, 0) is 44.0 Å². The van der Waals surface area contributed by atoms with Gasteiger partial charge in [0.25, 0.3) is 0 Å². The van der Waals surface area contributed by atoms with Crippen LogP contribution in [0.1, 0.15) is 36.4 Å². The highest BCUT2D eigenvalue weighted by atomic mass is 16.5. The first-order chi connectivity index (χ1) is 8.26. The number of methoxy groups -OCH3 is 2. The van der Waals surface area contributed by atoms with E-state index in [0.29, 0.717) is 6.04 Å². The van der Waals surface area contributed by atoms with E-state index in [2.05, 4.69) is 17.4 Å². The molecule has 0 radical (unpaired) electrons. The molecule has 0 spiro atoms. The third-order valence-electron chi connectivity index (χ3n) is 3.43. The molecule has 1 N–H and O–H groups in total. The maximum atomic E-state index is 5.48. The number of hydrogen-bond acceptors (Lipinski definition) is 3. The summed E-state index contributed by atoms with van der Waals surface area (Å²) in [7, 11) is 3.44. The molecule has 1 unspecified atom stereocenters. The van der Waals surface area contributed by atoms with E-state index in [4.69, 9.17) is 9.47 Å². The molecule has 0 aliphatic carbocycles. The van der Waals surface area contributed by atoms with Gasteiger partial charge in [-0.2, -0.15) is 0 Å². The van der Waals surface area contributed by atoms with E-state index in [-0.39, 0.29) is 0 Å². The van der Waals surface area contributed by atoms with Crippen LogP contribution in [0.2, 0.25) is 0 Å². The van der Waals surface area contributed by atoms with Crippen LogP contribution in [0.25, 0.3) is 0 Å². The zero-order valence-electron chi connectivity index (χ0n) is 10.9. The zero-order chi connectivity index (χ0) is 12.3. The van der Waals surface area contributed by atoms with Crippen LogP contribution in [0.5, 0.6) is 11.5 Å². The van der Waals surface area contributed by atoms with Gasteiger partial charge >= 0.3 is 0 Å². The lowest BCUT2D eigenvalue weighted by molar-refractivity contribution is 0.367. The summed E-state index contributed by atoms with van der Waals surface area (Å²) in [6, 6.07) is 4.56. The number of benzene rings is 1. The Morgan fingerprint density at radius 3 is 2.47 bits per heavy atom. The van der Waals surface area contributed by atoms with Crippen molar-refractivity contribution in [3.8, 4) is 11.5 Å². The molecule has 1 fully saturated rings. The number of ether oxygens (including phenoxy) is 2. The molecule has 0 bridgehead atoms. The molecule has 1 aliphatic rings. The minimum atomic E-state index is 0.396. The molecule has 2 rings (SSSR count). The molecule has 1 aromatic carbocycles. The van der Waals surface area contributed by atoms with Gasteiger partial charge in [0.05, 0.1) is 14.2 Å². The van der Waals surface area contributed by atoms with Crippen molar-refractivity contribution >= 4 is 0 Å². The Balaban J connectivity index is 2.35. The molecule has 0 amide bonds. The number of rotatable bonds is 3. The SMILES string of the molecule is COc1cc(C2CCCCN2)c(OC)cc1C. The minimum Gasteiger partial charge on any atom is -0.496 e. The fourth-order valence-corrected chi connectivity index (χ4v) is 2.46. The summed E-state index contributed by atoms with van der Waals surface area (Å²) in [6.45, 7) is 3.13. The summed E-state index contributed by atoms with van der Waals surface area (Å²) in [5, 5.41) is 3.55. The molecule has 1 aliphatic heterocycles. The van der Waals surface area contributed by atoms with Gasteiger partial charge in [-0.1, -0.05) is 6.42 Å². The van der Waals surface area contributed by atoms with Crippen LogP contribution in [-0.2, 0) is 0 Å². The van der Waals surface area contributed by atoms with Gasteiger partial charge in [0, 0.05) is 11.6 Å². The van der Waals surface area contributed by atoms with Crippen molar-refractivity contribution in [3.63, 3.8) is 0 Å². The van der Waals surface area contributed by atoms with Gasteiger partial charge in [0.1, 0.15) is 11.5 Å². The molecule has 3 nitrogen and oxygen atoms in total. The standard InChI is InChI=1S/C14H21NO2/c1-10-8-14(17-3)11(9-13(10)16-2)12-6-4-5-7-15-12/h8-9,12,15H,4-7H2,1-3H3. The second-order valence-electron chi connectivity index (χ2n) is 4.57. The molecule has 0 aromatic heterocycles. The predicted molar refractivity (Wildman–Crippen MR) is 68.9 cm³/mol. The zero-order valence-corrected chi connectivity index (χ0v) is 10.9. The molecule has 17 heavy (non-hydrogen) atoms. The van der Waals surface area contributed by atoms with Crippen LogP contribution in [0.15, 0.2) is 12.1 Å². The molecule has 1 aromatic rings. The molecule has 1 saturated heterocycles. The molecule has 1 atom stereocenters. The second-order valence-corrected chi connectivity index (χ2v) is 4.57. The van der Waals surface area contributed by atoms with Crippen LogP contribution >= 0.6 is 0 Å². The molecular formula is C14H21NO2. The Morgan fingerprint density at radius 1 is 1.12 bits per heavy atom. The van der Waals surface area contributed by atoms with E-state index in [1.54, 1.807) is 14.2 Å². The van der Waals surface area contributed by atoms with Gasteiger partial charge in [-0.3, -0.25) is 0 Å². The average Bonchev–Trinajstić information content (AvgIpc) is 2.39. The molecule has 3 heteroatoms. The van der Waals surface area contributed by atoms with Crippen molar-refractivity contribution < 1.29 is 9.47 Å². The third-order valence-corrected chi connectivity index (χ3v) is 3.43. The third kappa shape index (κ3) is 2.55.